The topological polar surface area (TPSA) is 12.0 Å². The molecule has 1 nitrogen and oxygen atoms in total. The zero-order valence-corrected chi connectivity index (χ0v) is 8.65. The summed E-state index contributed by atoms with van der Waals surface area (Å²) in [4.78, 5) is 0. The predicted molar refractivity (Wildman–Crippen MR) is 55.8 cm³/mol. The SMILES string of the molecule is Cc1cccc2c1CC(C)(C)NC2. The third-order valence-electron chi connectivity index (χ3n) is 2.88. The van der Waals surface area contributed by atoms with E-state index in [0.717, 1.165) is 13.0 Å². The highest BCUT2D eigenvalue weighted by atomic mass is 15.0. The summed E-state index contributed by atoms with van der Waals surface area (Å²) in [5.74, 6) is 0. The van der Waals surface area contributed by atoms with Crippen molar-refractivity contribution in [3.8, 4) is 0 Å². The van der Waals surface area contributed by atoms with E-state index in [1.807, 2.05) is 0 Å². The predicted octanol–water partition coefficient (Wildman–Crippen LogP) is 2.42. The number of aryl methyl sites for hydroxylation is 1. The summed E-state index contributed by atoms with van der Waals surface area (Å²) in [7, 11) is 0. The van der Waals surface area contributed by atoms with E-state index in [0.29, 0.717) is 0 Å². The van der Waals surface area contributed by atoms with E-state index in [1.54, 1.807) is 5.56 Å². The molecule has 0 radical (unpaired) electrons. The zero-order chi connectivity index (χ0) is 9.47. The van der Waals surface area contributed by atoms with E-state index in [-0.39, 0.29) is 5.54 Å². The largest absolute Gasteiger partial charge is 0.307 e. The molecule has 0 atom stereocenters. The van der Waals surface area contributed by atoms with Gasteiger partial charge in [0.05, 0.1) is 0 Å². The van der Waals surface area contributed by atoms with Gasteiger partial charge in [-0.3, -0.25) is 0 Å². The molecule has 1 heterocycles. The summed E-state index contributed by atoms with van der Waals surface area (Å²) in [6, 6.07) is 6.58. The first-order valence-electron chi connectivity index (χ1n) is 4.91. The van der Waals surface area contributed by atoms with Gasteiger partial charge in [-0.1, -0.05) is 18.2 Å². The van der Waals surface area contributed by atoms with Crippen molar-refractivity contribution in [1.82, 2.24) is 5.32 Å². The van der Waals surface area contributed by atoms with Gasteiger partial charge >= 0.3 is 0 Å². The number of benzene rings is 1. The lowest BCUT2D eigenvalue weighted by molar-refractivity contribution is 0.362. The summed E-state index contributed by atoms with van der Waals surface area (Å²) in [6.45, 7) is 7.76. The standard InChI is InChI=1S/C12H17N/c1-9-5-4-6-10-8-13-12(2,3)7-11(9)10/h4-6,13H,7-8H2,1-3H3. The lowest BCUT2D eigenvalue weighted by Crippen LogP contribution is -2.44. The third-order valence-corrected chi connectivity index (χ3v) is 2.88. The molecule has 0 bridgehead atoms. The van der Waals surface area contributed by atoms with Gasteiger partial charge in [-0.15, -0.1) is 0 Å². The maximum Gasteiger partial charge on any atom is 0.0213 e. The fourth-order valence-electron chi connectivity index (χ4n) is 2.02. The van der Waals surface area contributed by atoms with Crippen LogP contribution in [0.4, 0.5) is 0 Å². The lowest BCUT2D eigenvalue weighted by Gasteiger charge is -2.33. The summed E-state index contributed by atoms with van der Waals surface area (Å²) >= 11 is 0. The molecule has 2 rings (SSSR count). The van der Waals surface area contributed by atoms with Crippen molar-refractivity contribution in [2.75, 3.05) is 0 Å². The second-order valence-electron chi connectivity index (χ2n) is 4.63. The summed E-state index contributed by atoms with van der Waals surface area (Å²) in [6.07, 6.45) is 1.15. The number of fused-ring (bicyclic) bond motifs is 1. The van der Waals surface area contributed by atoms with E-state index in [2.05, 4.69) is 44.3 Å². The van der Waals surface area contributed by atoms with E-state index in [9.17, 15) is 0 Å². The van der Waals surface area contributed by atoms with Crippen LogP contribution >= 0.6 is 0 Å². The highest BCUT2D eigenvalue weighted by Gasteiger charge is 2.24. The molecule has 0 saturated heterocycles. The summed E-state index contributed by atoms with van der Waals surface area (Å²) < 4.78 is 0. The van der Waals surface area contributed by atoms with Crippen LogP contribution in [0.3, 0.4) is 0 Å². The monoisotopic (exact) mass is 175 g/mol. The first kappa shape index (κ1) is 8.76. The minimum absolute atomic E-state index is 0.263. The van der Waals surface area contributed by atoms with Crippen molar-refractivity contribution in [2.24, 2.45) is 0 Å². The van der Waals surface area contributed by atoms with Gasteiger partial charge in [0, 0.05) is 12.1 Å². The Kier molecular flexibility index (Phi) is 1.92. The molecule has 0 aliphatic carbocycles. The minimum atomic E-state index is 0.263. The molecule has 0 spiro atoms. The molecule has 1 aliphatic heterocycles. The lowest BCUT2D eigenvalue weighted by atomic mass is 9.85. The van der Waals surface area contributed by atoms with Crippen LogP contribution in [0.15, 0.2) is 18.2 Å². The minimum Gasteiger partial charge on any atom is -0.307 e. The fraction of sp³-hybridized carbons (Fsp3) is 0.500. The molecular weight excluding hydrogens is 158 g/mol. The Morgan fingerprint density at radius 1 is 1.31 bits per heavy atom. The van der Waals surface area contributed by atoms with Crippen LogP contribution in [0.25, 0.3) is 0 Å². The maximum absolute atomic E-state index is 3.54. The molecule has 13 heavy (non-hydrogen) atoms. The van der Waals surface area contributed by atoms with Crippen LogP contribution in [0, 0.1) is 6.92 Å². The summed E-state index contributed by atoms with van der Waals surface area (Å²) in [5, 5.41) is 3.54. The van der Waals surface area contributed by atoms with Gasteiger partial charge in [-0.2, -0.15) is 0 Å². The van der Waals surface area contributed by atoms with Gasteiger partial charge in [-0.25, -0.2) is 0 Å². The van der Waals surface area contributed by atoms with Gasteiger partial charge in [-0.05, 0) is 43.9 Å². The molecule has 0 unspecified atom stereocenters. The van der Waals surface area contributed by atoms with Crippen molar-refractivity contribution in [2.45, 2.75) is 39.3 Å². The van der Waals surface area contributed by atoms with Gasteiger partial charge in [0.2, 0.25) is 0 Å². The molecule has 1 N–H and O–H groups in total. The van der Waals surface area contributed by atoms with Crippen LogP contribution in [0.5, 0.6) is 0 Å². The van der Waals surface area contributed by atoms with Crippen LogP contribution in [0.2, 0.25) is 0 Å². The molecule has 1 heteroatoms. The van der Waals surface area contributed by atoms with Crippen LogP contribution < -0.4 is 5.32 Å². The maximum atomic E-state index is 3.54. The molecule has 1 aromatic carbocycles. The Morgan fingerprint density at radius 2 is 2.08 bits per heavy atom. The molecule has 1 aromatic rings. The molecule has 0 fully saturated rings. The van der Waals surface area contributed by atoms with Gasteiger partial charge in [0.1, 0.15) is 0 Å². The average Bonchev–Trinajstić information content (AvgIpc) is 2.06. The normalized spacial score (nSPS) is 19.6. The number of nitrogens with one attached hydrogen (secondary N) is 1. The number of hydrogen-bond acceptors (Lipinski definition) is 1. The first-order chi connectivity index (χ1) is 6.08. The molecule has 0 aromatic heterocycles. The van der Waals surface area contributed by atoms with Crippen molar-refractivity contribution in [1.29, 1.82) is 0 Å². The van der Waals surface area contributed by atoms with E-state index >= 15 is 0 Å². The fourth-order valence-corrected chi connectivity index (χ4v) is 2.02. The first-order valence-corrected chi connectivity index (χ1v) is 4.91. The third kappa shape index (κ3) is 1.61. The Labute approximate surface area is 80.2 Å². The van der Waals surface area contributed by atoms with Crippen molar-refractivity contribution in [3.05, 3.63) is 34.9 Å². The van der Waals surface area contributed by atoms with E-state index < -0.39 is 0 Å². The van der Waals surface area contributed by atoms with Crippen molar-refractivity contribution in [3.63, 3.8) is 0 Å². The number of rotatable bonds is 0. The smallest absolute Gasteiger partial charge is 0.0213 e. The molecule has 1 aliphatic rings. The zero-order valence-electron chi connectivity index (χ0n) is 8.65. The van der Waals surface area contributed by atoms with Gasteiger partial charge < -0.3 is 5.32 Å². The van der Waals surface area contributed by atoms with E-state index in [4.69, 9.17) is 0 Å². The second-order valence-corrected chi connectivity index (χ2v) is 4.63. The van der Waals surface area contributed by atoms with Crippen LogP contribution in [-0.2, 0) is 13.0 Å². The Bertz CT molecular complexity index is 326. The highest BCUT2D eigenvalue weighted by Crippen LogP contribution is 2.25. The van der Waals surface area contributed by atoms with Crippen molar-refractivity contribution < 1.29 is 0 Å². The Balaban J connectivity index is 2.44. The second kappa shape index (κ2) is 2.85. The quantitative estimate of drug-likeness (QED) is 0.638. The van der Waals surface area contributed by atoms with Crippen LogP contribution in [0.1, 0.15) is 30.5 Å². The van der Waals surface area contributed by atoms with Gasteiger partial charge in [0.25, 0.3) is 0 Å². The van der Waals surface area contributed by atoms with E-state index in [1.165, 1.54) is 11.1 Å². The molecular formula is C12H17N. The highest BCUT2D eigenvalue weighted by molar-refractivity contribution is 5.37. The molecule has 0 saturated carbocycles. The van der Waals surface area contributed by atoms with Gasteiger partial charge in [0.15, 0.2) is 0 Å². The Morgan fingerprint density at radius 3 is 2.85 bits per heavy atom. The Hall–Kier alpha value is -0.820. The number of hydrogen-bond donors (Lipinski definition) is 1. The van der Waals surface area contributed by atoms with Crippen LogP contribution in [-0.4, -0.2) is 5.54 Å². The molecule has 0 amide bonds. The average molecular weight is 175 g/mol. The summed E-state index contributed by atoms with van der Waals surface area (Å²) in [5.41, 5.74) is 4.72. The molecule has 70 valence electrons. The van der Waals surface area contributed by atoms with Crippen molar-refractivity contribution >= 4 is 0 Å².